The van der Waals surface area contributed by atoms with Gasteiger partial charge in [0.2, 0.25) is 0 Å². The molecule has 8 rings (SSSR count). The van der Waals surface area contributed by atoms with Gasteiger partial charge in [0.25, 0.3) is 0 Å². The van der Waals surface area contributed by atoms with Gasteiger partial charge in [0, 0.05) is 67.1 Å². The van der Waals surface area contributed by atoms with Gasteiger partial charge in [0.1, 0.15) is 11.0 Å². The quantitative estimate of drug-likeness (QED) is 0.119. The number of aromatic nitrogens is 6. The summed E-state index contributed by atoms with van der Waals surface area (Å²) in [7, 11) is 0. The number of carbonyl (C=O) groups is 1. The summed E-state index contributed by atoms with van der Waals surface area (Å²) in [6.07, 6.45) is 3.86. The molecule has 6 heterocycles. The molecule has 0 spiro atoms. The maximum Gasteiger partial charge on any atom is 0.319 e. The molecule has 58 heavy (non-hydrogen) atoms. The molecule has 0 bridgehead atoms. The lowest BCUT2D eigenvalue weighted by Gasteiger charge is -2.28. The molecule has 17 nitrogen and oxygen atoms in total. The second-order valence-electron chi connectivity index (χ2n) is 13.4. The number of hydrogen-bond acceptors (Lipinski definition) is 13. The highest BCUT2D eigenvalue weighted by Crippen LogP contribution is 2.27. The highest BCUT2D eigenvalue weighted by molar-refractivity contribution is 5.89. The zero-order valence-electron chi connectivity index (χ0n) is 31.7. The van der Waals surface area contributed by atoms with E-state index in [2.05, 4.69) is 30.6 Å². The summed E-state index contributed by atoms with van der Waals surface area (Å²) < 4.78 is 14.6. The van der Waals surface area contributed by atoms with E-state index in [9.17, 15) is 4.79 Å². The Balaban J connectivity index is 0.000000229. The van der Waals surface area contributed by atoms with Crippen molar-refractivity contribution in [2.45, 2.75) is 40.8 Å². The molecule has 2 atom stereocenters. The first-order valence-corrected chi connectivity index (χ1v) is 18.6. The molecule has 0 unspecified atom stereocenters. The zero-order valence-corrected chi connectivity index (χ0v) is 31.7. The van der Waals surface area contributed by atoms with Crippen molar-refractivity contribution in [1.29, 1.82) is 0 Å². The van der Waals surface area contributed by atoms with Gasteiger partial charge in [-0.15, -0.1) is 10.2 Å². The molecule has 6 aromatic rings. The number of aliphatic hydroxyl groups excluding tert-OH is 2. The van der Waals surface area contributed by atoms with Crippen LogP contribution in [0.1, 0.15) is 28.7 Å². The topological polar surface area (TPSA) is 219 Å². The van der Waals surface area contributed by atoms with Crippen molar-refractivity contribution in [3.8, 4) is 22.8 Å². The first-order valence-electron chi connectivity index (χ1n) is 18.6. The summed E-state index contributed by atoms with van der Waals surface area (Å²) in [4.78, 5) is 26.0. The lowest BCUT2D eigenvalue weighted by atomic mass is 10.2. The minimum Gasteiger partial charge on any atom is -0.399 e. The van der Waals surface area contributed by atoms with E-state index in [1.54, 1.807) is 26.0 Å². The molecule has 0 saturated carbocycles. The van der Waals surface area contributed by atoms with Gasteiger partial charge < -0.3 is 51.6 Å². The van der Waals surface area contributed by atoms with Crippen molar-refractivity contribution in [3.05, 3.63) is 85.2 Å². The smallest absolute Gasteiger partial charge is 0.319 e. The van der Waals surface area contributed by atoms with E-state index < -0.39 is 0 Å². The summed E-state index contributed by atoms with van der Waals surface area (Å²) in [5, 5.41) is 31.6. The molecular formula is C41H58N12O5. The van der Waals surface area contributed by atoms with Gasteiger partial charge in [-0.3, -0.25) is 0 Å². The number of nitrogens with zero attached hydrogens (tertiary/aromatic N) is 8. The standard InChI is InChI=1S/C20H24N6O3.C16H17N5O.C3H9NO.2CH4/c1-14(13-27)21-20(28)22-16-6-4-15(5-7-16)18-23-19(25-9-11-29-12-10-25)17-3-2-8-26(17)24-18;17-13-5-3-12(4-6-13)15-18-16(20-8-10-22-11-9-20)14-2-1-7-21(14)19-15;1-3(4)2-5;;/h2-8,14,27H,9-13H2,1H3,(H2,21,22,28);1-7H,8-11,17H2;3,5H,2,4H2,1H3;2*1H4/t14-;;3-;;/m0.0../s1. The molecule has 17 heteroatoms. The molecule has 2 aromatic carbocycles. The largest absolute Gasteiger partial charge is 0.399 e. The molecule has 2 aliphatic heterocycles. The highest BCUT2D eigenvalue weighted by Gasteiger charge is 2.20. The summed E-state index contributed by atoms with van der Waals surface area (Å²) >= 11 is 0. The van der Waals surface area contributed by atoms with E-state index >= 15 is 0 Å². The van der Waals surface area contributed by atoms with Crippen LogP contribution in [0.25, 0.3) is 33.8 Å². The number of amides is 2. The molecular weight excluding hydrogens is 741 g/mol. The predicted molar refractivity (Wildman–Crippen MR) is 230 cm³/mol. The molecule has 2 saturated heterocycles. The summed E-state index contributed by atoms with van der Waals surface area (Å²) in [5.74, 6) is 3.16. The lowest BCUT2D eigenvalue weighted by Crippen LogP contribution is -2.38. The molecule has 4 aromatic heterocycles. The van der Waals surface area contributed by atoms with Crippen LogP contribution in [0.3, 0.4) is 0 Å². The Bertz CT molecular complexity index is 2150. The molecule has 0 radical (unpaired) electrons. The van der Waals surface area contributed by atoms with Gasteiger partial charge in [0.15, 0.2) is 23.3 Å². The number of morpholine rings is 2. The Morgan fingerprint density at radius 3 is 1.57 bits per heavy atom. The van der Waals surface area contributed by atoms with E-state index in [0.29, 0.717) is 30.5 Å². The van der Waals surface area contributed by atoms with Gasteiger partial charge in [-0.1, -0.05) is 14.9 Å². The molecule has 0 aliphatic carbocycles. The van der Waals surface area contributed by atoms with E-state index in [4.69, 9.17) is 41.1 Å². The zero-order chi connectivity index (χ0) is 39.4. The van der Waals surface area contributed by atoms with Crippen LogP contribution in [0, 0.1) is 0 Å². The number of aliphatic hydroxyl groups is 2. The molecule has 312 valence electrons. The number of nitrogen functional groups attached to an aromatic ring is 1. The van der Waals surface area contributed by atoms with Crippen LogP contribution in [-0.4, -0.2) is 123 Å². The van der Waals surface area contributed by atoms with Gasteiger partial charge >= 0.3 is 6.03 Å². The number of anilines is 4. The van der Waals surface area contributed by atoms with E-state index in [0.717, 1.165) is 78.9 Å². The van der Waals surface area contributed by atoms with E-state index in [-0.39, 0.29) is 46.2 Å². The third-order valence-corrected chi connectivity index (χ3v) is 8.87. The fourth-order valence-corrected chi connectivity index (χ4v) is 5.87. The monoisotopic (exact) mass is 798 g/mol. The van der Waals surface area contributed by atoms with Gasteiger partial charge in [-0.25, -0.2) is 23.8 Å². The average Bonchev–Trinajstić information content (AvgIpc) is 3.92. The van der Waals surface area contributed by atoms with Gasteiger partial charge in [-0.05, 0) is 86.6 Å². The van der Waals surface area contributed by atoms with Crippen molar-refractivity contribution in [1.82, 2.24) is 34.5 Å². The van der Waals surface area contributed by atoms with Crippen molar-refractivity contribution in [2.75, 3.05) is 86.7 Å². The van der Waals surface area contributed by atoms with Crippen molar-refractivity contribution >= 4 is 40.1 Å². The van der Waals surface area contributed by atoms with Crippen LogP contribution in [-0.2, 0) is 9.47 Å². The van der Waals surface area contributed by atoms with E-state index in [1.807, 2.05) is 82.1 Å². The second kappa shape index (κ2) is 21.6. The SMILES string of the molecule is C.C.C[C@@H](CO)NC(=O)Nc1ccc(-c2nc(N3CCOCC3)c3cccn3n2)cc1.C[C@H](N)CO.Nc1ccc(-c2nc(N3CCOCC3)c3cccn3n2)cc1. The van der Waals surface area contributed by atoms with Crippen molar-refractivity contribution in [3.63, 3.8) is 0 Å². The molecule has 8 N–H and O–H groups in total. The van der Waals surface area contributed by atoms with Crippen LogP contribution in [0.5, 0.6) is 0 Å². The maximum absolute atomic E-state index is 11.9. The van der Waals surface area contributed by atoms with Gasteiger partial charge in [-0.2, -0.15) is 0 Å². The van der Waals surface area contributed by atoms with Crippen molar-refractivity contribution < 1.29 is 24.5 Å². The molecule has 2 fully saturated rings. The minimum absolute atomic E-state index is 0. The number of carbonyl (C=O) groups excluding carboxylic acids is 1. The van der Waals surface area contributed by atoms with Crippen LogP contribution >= 0.6 is 0 Å². The molecule has 2 aliphatic rings. The van der Waals surface area contributed by atoms with Crippen LogP contribution in [0.4, 0.5) is 27.8 Å². The number of ether oxygens (including phenoxy) is 2. The Labute approximate surface area is 339 Å². The Kier molecular flexibility index (Phi) is 16.7. The maximum atomic E-state index is 11.9. The fourth-order valence-electron chi connectivity index (χ4n) is 5.87. The Morgan fingerprint density at radius 1 is 0.724 bits per heavy atom. The van der Waals surface area contributed by atoms with Gasteiger partial charge in [0.05, 0.1) is 45.7 Å². The normalized spacial score (nSPS) is 14.8. The number of nitrogens with one attached hydrogen (secondary N) is 2. The third kappa shape index (κ3) is 11.6. The number of urea groups is 1. The van der Waals surface area contributed by atoms with Crippen LogP contribution in [0.15, 0.2) is 85.2 Å². The average molecular weight is 799 g/mol. The fraction of sp³-hybridized carbons (Fsp3) is 0.390. The second-order valence-corrected chi connectivity index (χ2v) is 13.4. The third-order valence-electron chi connectivity index (χ3n) is 8.87. The van der Waals surface area contributed by atoms with Crippen molar-refractivity contribution in [2.24, 2.45) is 5.73 Å². The Hall–Kier alpha value is -5.85. The van der Waals surface area contributed by atoms with Crippen LogP contribution < -0.4 is 31.9 Å². The first kappa shape index (κ1) is 44.9. The van der Waals surface area contributed by atoms with E-state index in [1.165, 1.54) is 0 Å². The molecule has 2 amide bonds. The summed E-state index contributed by atoms with van der Waals surface area (Å²) in [6, 6.07) is 22.2. The number of benzene rings is 2. The number of rotatable bonds is 8. The Morgan fingerprint density at radius 2 is 1.16 bits per heavy atom. The lowest BCUT2D eigenvalue weighted by molar-refractivity contribution is 0.122. The van der Waals surface area contributed by atoms with Crippen LogP contribution in [0.2, 0.25) is 0 Å². The predicted octanol–water partition coefficient (Wildman–Crippen LogP) is 4.15. The summed E-state index contributed by atoms with van der Waals surface area (Å²) in [5.41, 5.74) is 16.0. The summed E-state index contributed by atoms with van der Waals surface area (Å²) in [6.45, 7) is 9.55. The number of nitrogens with two attached hydrogens (primary N) is 2. The number of fused-ring (bicyclic) bond motifs is 2. The minimum atomic E-state index is -0.362. The number of hydrogen-bond donors (Lipinski definition) is 6. The first-order chi connectivity index (χ1) is 27.2. The highest BCUT2D eigenvalue weighted by atomic mass is 16.5.